The summed E-state index contributed by atoms with van der Waals surface area (Å²) in [5.41, 5.74) is 1.30. The fourth-order valence-electron chi connectivity index (χ4n) is 2.25. The minimum atomic E-state index is -0.380. The molecule has 22 heavy (non-hydrogen) atoms. The molecule has 0 aliphatic rings. The number of hydrogen-bond acceptors (Lipinski definition) is 3. The quantitative estimate of drug-likeness (QED) is 0.499. The van der Waals surface area contributed by atoms with Gasteiger partial charge in [-0.2, -0.15) is 0 Å². The first-order valence-corrected chi connectivity index (χ1v) is 6.81. The van der Waals surface area contributed by atoms with Crippen molar-refractivity contribution in [3.05, 3.63) is 89.0 Å². The molecule has 0 saturated carbocycles. The van der Waals surface area contributed by atoms with Gasteiger partial charge in [0.2, 0.25) is 0 Å². The second-order valence-electron chi connectivity index (χ2n) is 4.69. The fraction of sp³-hybridized carbons (Fsp3) is 0. The first-order valence-electron chi connectivity index (χ1n) is 6.81. The predicted octanol–water partition coefficient (Wildman–Crippen LogP) is 5.05. The minimum absolute atomic E-state index is 0.0617. The van der Waals surface area contributed by atoms with E-state index in [1.165, 1.54) is 6.07 Å². The van der Waals surface area contributed by atoms with Gasteiger partial charge in [-0.05, 0) is 24.3 Å². The van der Waals surface area contributed by atoms with Crippen LogP contribution in [-0.2, 0) is 0 Å². The van der Waals surface area contributed by atoms with Crippen molar-refractivity contribution in [1.29, 1.82) is 0 Å². The summed E-state index contributed by atoms with van der Waals surface area (Å²) in [7, 11) is 0. The van der Waals surface area contributed by atoms with Crippen molar-refractivity contribution in [2.45, 2.75) is 0 Å². The van der Waals surface area contributed by atoms with Crippen LogP contribution >= 0.6 is 0 Å². The molecular formula is C18H13NO3. The third-order valence-electron chi connectivity index (χ3n) is 3.25. The SMILES string of the molecule is O=[N+]([O-])c1ccccc1-c1ccccc1Oc1ccccc1. The molecule has 0 bridgehead atoms. The number of benzene rings is 3. The molecule has 0 saturated heterocycles. The lowest BCUT2D eigenvalue weighted by Crippen LogP contribution is -1.93. The van der Waals surface area contributed by atoms with Gasteiger partial charge in [0, 0.05) is 11.6 Å². The van der Waals surface area contributed by atoms with Gasteiger partial charge in [0.1, 0.15) is 11.5 Å². The molecule has 0 radical (unpaired) electrons. The van der Waals surface area contributed by atoms with E-state index in [0.717, 1.165) is 0 Å². The maximum absolute atomic E-state index is 11.2. The Morgan fingerprint density at radius 1 is 0.727 bits per heavy atom. The molecule has 0 N–H and O–H groups in total. The summed E-state index contributed by atoms with van der Waals surface area (Å²) >= 11 is 0. The lowest BCUT2D eigenvalue weighted by atomic mass is 10.0. The van der Waals surface area contributed by atoms with Crippen LogP contribution in [-0.4, -0.2) is 4.92 Å². The second-order valence-corrected chi connectivity index (χ2v) is 4.69. The molecule has 3 rings (SSSR count). The zero-order chi connectivity index (χ0) is 15.4. The average Bonchev–Trinajstić information content (AvgIpc) is 2.56. The molecule has 0 unspecified atom stereocenters. The number of nitro groups is 1. The number of nitro benzene ring substituents is 1. The van der Waals surface area contributed by atoms with Crippen LogP contribution < -0.4 is 4.74 Å². The van der Waals surface area contributed by atoms with Crippen molar-refractivity contribution in [3.8, 4) is 22.6 Å². The summed E-state index contributed by atoms with van der Waals surface area (Å²) in [5, 5.41) is 11.2. The summed E-state index contributed by atoms with van der Waals surface area (Å²) in [6.45, 7) is 0. The van der Waals surface area contributed by atoms with Gasteiger partial charge >= 0.3 is 0 Å². The van der Waals surface area contributed by atoms with E-state index < -0.39 is 0 Å². The molecule has 0 aliphatic heterocycles. The summed E-state index contributed by atoms with van der Waals surface area (Å²) in [5.74, 6) is 1.27. The van der Waals surface area contributed by atoms with Crippen LogP contribution in [0, 0.1) is 10.1 Å². The molecular weight excluding hydrogens is 278 g/mol. The highest BCUT2D eigenvalue weighted by atomic mass is 16.6. The summed E-state index contributed by atoms with van der Waals surface area (Å²) in [6.07, 6.45) is 0. The van der Waals surface area contributed by atoms with Crippen molar-refractivity contribution in [2.24, 2.45) is 0 Å². The number of rotatable bonds is 4. The topological polar surface area (TPSA) is 52.4 Å². The van der Waals surface area contributed by atoms with Gasteiger partial charge < -0.3 is 4.74 Å². The van der Waals surface area contributed by atoms with E-state index in [1.807, 2.05) is 48.5 Å². The largest absolute Gasteiger partial charge is 0.457 e. The Labute approximate surface area is 127 Å². The highest BCUT2D eigenvalue weighted by Crippen LogP contribution is 2.37. The van der Waals surface area contributed by atoms with Crippen LogP contribution in [0.2, 0.25) is 0 Å². The maximum atomic E-state index is 11.2. The molecule has 0 atom stereocenters. The van der Waals surface area contributed by atoms with Gasteiger partial charge in [0.15, 0.2) is 0 Å². The monoisotopic (exact) mass is 291 g/mol. The summed E-state index contributed by atoms with van der Waals surface area (Å²) < 4.78 is 5.88. The van der Waals surface area contributed by atoms with Crippen molar-refractivity contribution in [3.63, 3.8) is 0 Å². The van der Waals surface area contributed by atoms with Crippen LogP contribution in [0.3, 0.4) is 0 Å². The highest BCUT2D eigenvalue weighted by molar-refractivity contribution is 5.78. The van der Waals surface area contributed by atoms with Crippen LogP contribution in [0.4, 0.5) is 5.69 Å². The molecule has 108 valence electrons. The van der Waals surface area contributed by atoms with Crippen LogP contribution in [0.15, 0.2) is 78.9 Å². The van der Waals surface area contributed by atoms with Gasteiger partial charge in [-0.15, -0.1) is 0 Å². The van der Waals surface area contributed by atoms with Gasteiger partial charge in [-0.3, -0.25) is 10.1 Å². The molecule has 0 heterocycles. The van der Waals surface area contributed by atoms with Crippen molar-refractivity contribution >= 4 is 5.69 Å². The number of nitrogens with zero attached hydrogens (tertiary/aromatic N) is 1. The lowest BCUT2D eigenvalue weighted by molar-refractivity contribution is -0.384. The molecule has 4 heteroatoms. The smallest absolute Gasteiger partial charge is 0.277 e. The Morgan fingerprint density at radius 3 is 2.05 bits per heavy atom. The van der Waals surface area contributed by atoms with Gasteiger partial charge in [0.05, 0.1) is 10.5 Å². The Hall–Kier alpha value is -3.14. The second kappa shape index (κ2) is 6.10. The number of ether oxygens (including phenoxy) is 1. The Bertz CT molecular complexity index is 800. The lowest BCUT2D eigenvalue weighted by Gasteiger charge is -2.11. The van der Waals surface area contributed by atoms with Crippen molar-refractivity contribution < 1.29 is 9.66 Å². The zero-order valence-electron chi connectivity index (χ0n) is 11.7. The zero-order valence-corrected chi connectivity index (χ0v) is 11.7. The summed E-state index contributed by atoms with van der Waals surface area (Å²) in [4.78, 5) is 10.8. The minimum Gasteiger partial charge on any atom is -0.457 e. The molecule has 0 fully saturated rings. The molecule has 3 aromatic carbocycles. The maximum Gasteiger partial charge on any atom is 0.277 e. The molecule has 0 aliphatic carbocycles. The van der Waals surface area contributed by atoms with Crippen LogP contribution in [0.5, 0.6) is 11.5 Å². The fourth-order valence-corrected chi connectivity index (χ4v) is 2.25. The number of hydrogen-bond donors (Lipinski definition) is 0. The average molecular weight is 291 g/mol. The number of para-hydroxylation sites is 3. The molecule has 4 nitrogen and oxygen atoms in total. The third kappa shape index (κ3) is 2.81. The van der Waals surface area contributed by atoms with E-state index in [1.54, 1.807) is 24.3 Å². The van der Waals surface area contributed by atoms with E-state index in [4.69, 9.17) is 4.74 Å². The third-order valence-corrected chi connectivity index (χ3v) is 3.25. The normalized spacial score (nSPS) is 10.2. The van der Waals surface area contributed by atoms with Crippen LogP contribution in [0.25, 0.3) is 11.1 Å². The molecule has 0 spiro atoms. The Kier molecular flexibility index (Phi) is 3.83. The van der Waals surface area contributed by atoms with Crippen LogP contribution in [0.1, 0.15) is 0 Å². The van der Waals surface area contributed by atoms with Crippen molar-refractivity contribution in [1.82, 2.24) is 0 Å². The van der Waals surface area contributed by atoms with Gasteiger partial charge in [-0.1, -0.05) is 48.5 Å². The van der Waals surface area contributed by atoms with Gasteiger partial charge in [0.25, 0.3) is 5.69 Å². The van der Waals surface area contributed by atoms with Gasteiger partial charge in [-0.25, -0.2) is 0 Å². The highest BCUT2D eigenvalue weighted by Gasteiger charge is 2.17. The summed E-state index contributed by atoms with van der Waals surface area (Å²) in [6, 6.07) is 23.3. The first-order chi connectivity index (χ1) is 10.8. The van der Waals surface area contributed by atoms with E-state index in [2.05, 4.69) is 0 Å². The first kappa shape index (κ1) is 13.8. The van der Waals surface area contributed by atoms with Crippen molar-refractivity contribution in [2.75, 3.05) is 0 Å². The molecule has 0 amide bonds. The van der Waals surface area contributed by atoms with E-state index in [9.17, 15) is 10.1 Å². The Balaban J connectivity index is 2.08. The molecule has 3 aromatic rings. The Morgan fingerprint density at radius 2 is 1.32 bits per heavy atom. The molecule has 0 aromatic heterocycles. The van der Waals surface area contributed by atoms with E-state index in [0.29, 0.717) is 22.6 Å². The standard InChI is InChI=1S/C18H13NO3/c20-19(21)17-12-6-4-10-15(17)16-11-5-7-13-18(16)22-14-8-2-1-3-9-14/h1-13H. The van der Waals surface area contributed by atoms with E-state index >= 15 is 0 Å². The predicted molar refractivity (Wildman–Crippen MR) is 85.0 cm³/mol. The van der Waals surface area contributed by atoms with E-state index in [-0.39, 0.29) is 10.6 Å².